The number of methoxy groups -OCH3 is 1. The van der Waals surface area contributed by atoms with Gasteiger partial charge in [0.15, 0.2) is 5.75 Å². The minimum Gasteiger partial charge on any atom is -0.494 e. The predicted molar refractivity (Wildman–Crippen MR) is 96.3 cm³/mol. The van der Waals surface area contributed by atoms with Crippen molar-refractivity contribution in [1.29, 1.82) is 0 Å². The van der Waals surface area contributed by atoms with E-state index in [2.05, 4.69) is 26.0 Å². The first kappa shape index (κ1) is 18.6. The van der Waals surface area contributed by atoms with Crippen LogP contribution in [0.25, 0.3) is 0 Å². The molecule has 0 aromatic heterocycles. The summed E-state index contributed by atoms with van der Waals surface area (Å²) < 4.78 is 33.2. The molecule has 0 saturated heterocycles. The first-order chi connectivity index (χ1) is 11.3. The summed E-state index contributed by atoms with van der Waals surface area (Å²) in [7, 11) is -1.05. The molecule has 0 aliphatic rings. The molecule has 0 saturated carbocycles. The van der Waals surface area contributed by atoms with Gasteiger partial charge in [-0.15, -0.1) is 0 Å². The van der Waals surface area contributed by atoms with Crippen LogP contribution < -0.4 is 14.8 Å². The fourth-order valence-corrected chi connectivity index (χ4v) is 4.42. The third kappa shape index (κ3) is 4.00. The molecule has 6 nitrogen and oxygen atoms in total. The molecule has 1 amide bonds. The summed E-state index contributed by atoms with van der Waals surface area (Å²) in [6.07, 6.45) is 0. The number of halogens is 2. The van der Waals surface area contributed by atoms with Crippen LogP contribution in [0, 0.1) is 0 Å². The summed E-state index contributed by atoms with van der Waals surface area (Å²) in [5, 5.41) is 2.74. The third-order valence-corrected chi connectivity index (χ3v) is 5.29. The maximum absolute atomic E-state index is 12.6. The highest BCUT2D eigenvalue weighted by Crippen LogP contribution is 2.36. The molecule has 2 aromatic carbocycles. The summed E-state index contributed by atoms with van der Waals surface area (Å²) >= 11 is 9.16. The lowest BCUT2D eigenvalue weighted by molar-refractivity contribution is 0.0963. The molecular formula is C15H14BrClN2O4S. The molecule has 128 valence electrons. The van der Waals surface area contributed by atoms with Crippen LogP contribution in [0.5, 0.6) is 5.75 Å². The zero-order chi connectivity index (χ0) is 17.9. The van der Waals surface area contributed by atoms with Crippen molar-refractivity contribution < 1.29 is 17.9 Å². The highest BCUT2D eigenvalue weighted by Gasteiger charge is 2.22. The molecule has 24 heavy (non-hydrogen) atoms. The van der Waals surface area contributed by atoms with Gasteiger partial charge in [0.25, 0.3) is 15.9 Å². The second kappa shape index (κ2) is 7.42. The molecule has 0 heterocycles. The molecule has 0 bridgehead atoms. The van der Waals surface area contributed by atoms with E-state index >= 15 is 0 Å². The number of benzene rings is 2. The molecule has 0 aliphatic carbocycles. The van der Waals surface area contributed by atoms with Crippen LogP contribution >= 0.6 is 27.5 Å². The van der Waals surface area contributed by atoms with E-state index in [1.807, 2.05) is 0 Å². The summed E-state index contributed by atoms with van der Waals surface area (Å²) in [5.74, 6) is -0.112. The van der Waals surface area contributed by atoms with Gasteiger partial charge in [0.05, 0.1) is 11.6 Å². The molecule has 0 radical (unpaired) electrons. The van der Waals surface area contributed by atoms with Gasteiger partial charge in [0, 0.05) is 23.3 Å². The van der Waals surface area contributed by atoms with Gasteiger partial charge < -0.3 is 10.1 Å². The number of nitrogens with one attached hydrogen (secondary N) is 2. The third-order valence-electron chi connectivity index (χ3n) is 3.09. The number of rotatable bonds is 5. The molecule has 0 atom stereocenters. The standard InChI is InChI=1S/C15H14BrClN2O4S/c1-18-15(20)9-3-5-11(6-4-9)19-24(21,22)13-8-10(17)7-12(16)14(13)23-2/h3-8,19H,1-2H3,(H,18,20). The summed E-state index contributed by atoms with van der Waals surface area (Å²) in [6.45, 7) is 0. The predicted octanol–water partition coefficient (Wildman–Crippen LogP) is 3.27. The second-order valence-electron chi connectivity index (χ2n) is 4.68. The Morgan fingerprint density at radius 3 is 2.38 bits per heavy atom. The highest BCUT2D eigenvalue weighted by atomic mass is 79.9. The summed E-state index contributed by atoms with van der Waals surface area (Å²) in [6, 6.07) is 8.86. The molecule has 2 aromatic rings. The van der Waals surface area contributed by atoms with Crippen molar-refractivity contribution >= 4 is 49.1 Å². The Balaban J connectivity index is 2.37. The van der Waals surface area contributed by atoms with Gasteiger partial charge in [0.2, 0.25) is 0 Å². The van der Waals surface area contributed by atoms with Crippen molar-refractivity contribution in [3.8, 4) is 5.75 Å². The monoisotopic (exact) mass is 432 g/mol. The van der Waals surface area contributed by atoms with Crippen LogP contribution in [0.2, 0.25) is 5.02 Å². The lowest BCUT2D eigenvalue weighted by Crippen LogP contribution is -2.18. The number of carbonyl (C=O) groups excluding carboxylic acids is 1. The fourth-order valence-electron chi connectivity index (χ4n) is 1.98. The number of anilines is 1. The minimum atomic E-state index is -3.93. The van der Waals surface area contributed by atoms with Crippen LogP contribution in [-0.2, 0) is 10.0 Å². The van der Waals surface area contributed by atoms with Gasteiger partial charge in [0.1, 0.15) is 4.90 Å². The molecule has 2 rings (SSSR count). The second-order valence-corrected chi connectivity index (χ2v) is 7.62. The number of hydrogen-bond acceptors (Lipinski definition) is 4. The van der Waals surface area contributed by atoms with Crippen molar-refractivity contribution in [2.45, 2.75) is 4.90 Å². The maximum Gasteiger partial charge on any atom is 0.265 e. The average molecular weight is 434 g/mol. The molecule has 0 spiro atoms. The van der Waals surface area contributed by atoms with Crippen molar-refractivity contribution in [3.05, 3.63) is 51.5 Å². The Bertz CT molecular complexity index is 870. The first-order valence-corrected chi connectivity index (χ1v) is 9.32. The topological polar surface area (TPSA) is 84.5 Å². The minimum absolute atomic E-state index is 0.0975. The number of hydrogen-bond donors (Lipinski definition) is 2. The highest BCUT2D eigenvalue weighted by molar-refractivity contribution is 9.10. The van der Waals surface area contributed by atoms with E-state index < -0.39 is 10.0 Å². The van der Waals surface area contributed by atoms with Crippen LogP contribution in [-0.4, -0.2) is 28.5 Å². The smallest absolute Gasteiger partial charge is 0.265 e. The van der Waals surface area contributed by atoms with Gasteiger partial charge in [-0.2, -0.15) is 0 Å². The average Bonchev–Trinajstić information content (AvgIpc) is 2.54. The molecule has 2 N–H and O–H groups in total. The molecule has 0 unspecified atom stereocenters. The van der Waals surface area contributed by atoms with Crippen LogP contribution in [0.4, 0.5) is 5.69 Å². The van der Waals surface area contributed by atoms with E-state index in [1.54, 1.807) is 0 Å². The molecule has 0 fully saturated rings. The van der Waals surface area contributed by atoms with E-state index in [0.29, 0.717) is 15.7 Å². The van der Waals surface area contributed by atoms with Gasteiger partial charge in [-0.05, 0) is 52.3 Å². The van der Waals surface area contributed by atoms with E-state index in [4.69, 9.17) is 16.3 Å². The largest absolute Gasteiger partial charge is 0.494 e. The Labute approximate surface area is 153 Å². The Morgan fingerprint density at radius 1 is 1.21 bits per heavy atom. The van der Waals surface area contributed by atoms with E-state index in [9.17, 15) is 13.2 Å². The normalized spacial score (nSPS) is 11.0. The lowest BCUT2D eigenvalue weighted by Gasteiger charge is -2.13. The number of ether oxygens (including phenoxy) is 1. The number of sulfonamides is 1. The Hall–Kier alpha value is -1.77. The first-order valence-electron chi connectivity index (χ1n) is 6.66. The number of carbonyl (C=O) groups is 1. The van der Waals surface area contributed by atoms with Crippen molar-refractivity contribution in [3.63, 3.8) is 0 Å². The summed E-state index contributed by atoms with van der Waals surface area (Å²) in [5.41, 5.74) is 0.726. The zero-order valence-electron chi connectivity index (χ0n) is 12.8. The van der Waals surface area contributed by atoms with Crippen molar-refractivity contribution in [1.82, 2.24) is 5.32 Å². The van der Waals surface area contributed by atoms with Crippen molar-refractivity contribution in [2.24, 2.45) is 0 Å². The van der Waals surface area contributed by atoms with E-state index in [0.717, 1.165) is 0 Å². The lowest BCUT2D eigenvalue weighted by atomic mass is 10.2. The Morgan fingerprint density at radius 2 is 1.83 bits per heavy atom. The molecule has 0 aliphatic heterocycles. The maximum atomic E-state index is 12.6. The van der Waals surface area contributed by atoms with Crippen molar-refractivity contribution in [2.75, 3.05) is 18.9 Å². The SMILES string of the molecule is CNC(=O)c1ccc(NS(=O)(=O)c2cc(Cl)cc(Br)c2OC)cc1. The van der Waals surface area contributed by atoms with Crippen LogP contribution in [0.15, 0.2) is 45.8 Å². The quantitative estimate of drug-likeness (QED) is 0.758. The fraction of sp³-hybridized carbons (Fsp3) is 0.133. The number of amides is 1. The van der Waals surface area contributed by atoms with Crippen LogP contribution in [0.3, 0.4) is 0 Å². The van der Waals surface area contributed by atoms with E-state index in [-0.39, 0.29) is 21.6 Å². The van der Waals surface area contributed by atoms with Gasteiger partial charge in [-0.3, -0.25) is 9.52 Å². The molecule has 9 heteroatoms. The Kier molecular flexibility index (Phi) is 5.74. The molecular weight excluding hydrogens is 420 g/mol. The zero-order valence-corrected chi connectivity index (χ0v) is 15.9. The van der Waals surface area contributed by atoms with E-state index in [1.165, 1.54) is 50.6 Å². The van der Waals surface area contributed by atoms with Gasteiger partial charge >= 0.3 is 0 Å². The summed E-state index contributed by atoms with van der Waals surface area (Å²) in [4.78, 5) is 11.4. The van der Waals surface area contributed by atoms with Crippen LogP contribution in [0.1, 0.15) is 10.4 Å². The van der Waals surface area contributed by atoms with Gasteiger partial charge in [-0.25, -0.2) is 8.42 Å². The van der Waals surface area contributed by atoms with Gasteiger partial charge in [-0.1, -0.05) is 11.6 Å².